The summed E-state index contributed by atoms with van der Waals surface area (Å²) in [4.78, 5) is 14.7. The lowest BCUT2D eigenvalue weighted by molar-refractivity contribution is 0.0916. The van der Waals surface area contributed by atoms with Crippen LogP contribution in [0.2, 0.25) is 0 Å². The Kier molecular flexibility index (Phi) is 6.49. The molecule has 1 N–H and O–H groups in total. The SMILES string of the molecule is CCN(CC)[C@H](CNC(=O)c1cn(-c2ccccc2)nn1)C(C)C. The summed E-state index contributed by atoms with van der Waals surface area (Å²) < 4.78 is 1.61. The van der Waals surface area contributed by atoms with Gasteiger partial charge >= 0.3 is 0 Å². The Morgan fingerprint density at radius 1 is 1.21 bits per heavy atom. The lowest BCUT2D eigenvalue weighted by atomic mass is 10.0. The molecular weight excluding hydrogens is 302 g/mol. The van der Waals surface area contributed by atoms with Crippen molar-refractivity contribution in [2.75, 3.05) is 19.6 Å². The van der Waals surface area contributed by atoms with Gasteiger partial charge in [0.05, 0.1) is 11.9 Å². The minimum atomic E-state index is -0.185. The highest BCUT2D eigenvalue weighted by molar-refractivity contribution is 5.91. The average molecular weight is 329 g/mol. The summed E-state index contributed by atoms with van der Waals surface area (Å²) in [5.41, 5.74) is 1.22. The summed E-state index contributed by atoms with van der Waals surface area (Å²) in [7, 11) is 0. The van der Waals surface area contributed by atoms with Crippen LogP contribution in [-0.2, 0) is 0 Å². The molecule has 0 aliphatic heterocycles. The molecule has 2 rings (SSSR count). The first-order valence-electron chi connectivity index (χ1n) is 8.56. The minimum Gasteiger partial charge on any atom is -0.349 e. The van der Waals surface area contributed by atoms with E-state index in [1.54, 1.807) is 10.9 Å². The number of carbonyl (C=O) groups excluding carboxylic acids is 1. The molecule has 1 aromatic carbocycles. The fraction of sp³-hybridized carbons (Fsp3) is 0.500. The Bertz CT molecular complexity index is 634. The van der Waals surface area contributed by atoms with Gasteiger partial charge in [-0.3, -0.25) is 9.69 Å². The molecule has 0 aliphatic carbocycles. The molecule has 130 valence electrons. The highest BCUT2D eigenvalue weighted by atomic mass is 16.2. The largest absolute Gasteiger partial charge is 0.349 e. The molecule has 6 nitrogen and oxygen atoms in total. The number of likely N-dealkylation sites (N-methyl/N-ethyl adjacent to an activating group) is 1. The van der Waals surface area contributed by atoms with E-state index in [0.29, 0.717) is 24.2 Å². The lowest BCUT2D eigenvalue weighted by Crippen LogP contribution is -2.46. The molecule has 1 aromatic heterocycles. The van der Waals surface area contributed by atoms with Crippen molar-refractivity contribution in [3.05, 3.63) is 42.2 Å². The molecule has 0 radical (unpaired) electrons. The van der Waals surface area contributed by atoms with Crippen LogP contribution in [0.4, 0.5) is 0 Å². The first kappa shape index (κ1) is 18.1. The zero-order valence-corrected chi connectivity index (χ0v) is 14.9. The van der Waals surface area contributed by atoms with Crippen molar-refractivity contribution in [2.24, 2.45) is 5.92 Å². The predicted molar refractivity (Wildman–Crippen MR) is 95.2 cm³/mol. The second-order valence-electron chi connectivity index (χ2n) is 6.13. The highest BCUT2D eigenvalue weighted by Gasteiger charge is 2.21. The van der Waals surface area contributed by atoms with Crippen LogP contribution >= 0.6 is 0 Å². The number of benzene rings is 1. The van der Waals surface area contributed by atoms with Gasteiger partial charge in [-0.1, -0.05) is 51.1 Å². The standard InChI is InChI=1S/C18H27N5O/c1-5-22(6-2)17(14(3)4)12-19-18(24)16-13-23(21-20-16)15-10-8-7-9-11-15/h7-11,13-14,17H,5-6,12H2,1-4H3,(H,19,24)/t17-/m1/s1. The first-order valence-corrected chi connectivity index (χ1v) is 8.56. The van der Waals surface area contributed by atoms with E-state index in [9.17, 15) is 4.79 Å². The molecule has 1 amide bonds. The summed E-state index contributed by atoms with van der Waals surface area (Å²) >= 11 is 0. The number of amides is 1. The molecule has 0 fully saturated rings. The monoisotopic (exact) mass is 329 g/mol. The maximum Gasteiger partial charge on any atom is 0.273 e. The number of nitrogens with one attached hydrogen (secondary N) is 1. The van der Waals surface area contributed by atoms with Gasteiger partial charge in [-0.25, -0.2) is 4.68 Å². The zero-order valence-electron chi connectivity index (χ0n) is 14.9. The molecule has 0 saturated heterocycles. The molecule has 0 aliphatic rings. The molecule has 0 saturated carbocycles. The summed E-state index contributed by atoms with van der Waals surface area (Å²) in [6.07, 6.45) is 1.66. The van der Waals surface area contributed by atoms with Gasteiger partial charge < -0.3 is 5.32 Å². The van der Waals surface area contributed by atoms with E-state index >= 15 is 0 Å². The molecule has 2 aromatic rings. The Morgan fingerprint density at radius 2 is 1.88 bits per heavy atom. The van der Waals surface area contributed by atoms with Gasteiger partial charge in [0.15, 0.2) is 5.69 Å². The van der Waals surface area contributed by atoms with Crippen LogP contribution in [0.15, 0.2) is 36.5 Å². The second kappa shape index (κ2) is 8.59. The van der Waals surface area contributed by atoms with Crippen LogP contribution in [0.1, 0.15) is 38.2 Å². The van der Waals surface area contributed by atoms with Crippen LogP contribution in [-0.4, -0.2) is 51.5 Å². The molecule has 0 unspecified atom stereocenters. The fourth-order valence-electron chi connectivity index (χ4n) is 2.84. The van der Waals surface area contributed by atoms with Crippen molar-refractivity contribution in [3.8, 4) is 5.69 Å². The van der Waals surface area contributed by atoms with Gasteiger partial charge in [-0.2, -0.15) is 0 Å². The Balaban J connectivity index is 2.01. The van der Waals surface area contributed by atoms with Crippen molar-refractivity contribution in [1.29, 1.82) is 0 Å². The van der Waals surface area contributed by atoms with E-state index in [1.807, 2.05) is 30.3 Å². The third-order valence-electron chi connectivity index (χ3n) is 4.27. The topological polar surface area (TPSA) is 63.1 Å². The lowest BCUT2D eigenvalue weighted by Gasteiger charge is -2.32. The van der Waals surface area contributed by atoms with Crippen molar-refractivity contribution in [1.82, 2.24) is 25.2 Å². The number of nitrogens with zero attached hydrogens (tertiary/aromatic N) is 4. The zero-order chi connectivity index (χ0) is 17.5. The fourth-order valence-corrected chi connectivity index (χ4v) is 2.84. The molecule has 24 heavy (non-hydrogen) atoms. The van der Waals surface area contributed by atoms with Crippen molar-refractivity contribution in [3.63, 3.8) is 0 Å². The smallest absolute Gasteiger partial charge is 0.273 e. The van der Waals surface area contributed by atoms with E-state index in [4.69, 9.17) is 0 Å². The quantitative estimate of drug-likeness (QED) is 0.807. The Labute approximate surface area is 143 Å². The first-order chi connectivity index (χ1) is 11.6. The number of para-hydroxylation sites is 1. The molecule has 6 heteroatoms. The second-order valence-corrected chi connectivity index (χ2v) is 6.13. The minimum absolute atomic E-state index is 0.185. The van der Waals surface area contributed by atoms with Crippen LogP contribution in [0, 0.1) is 5.92 Å². The highest BCUT2D eigenvalue weighted by Crippen LogP contribution is 2.10. The number of hydrogen-bond acceptors (Lipinski definition) is 4. The Morgan fingerprint density at radius 3 is 2.46 bits per heavy atom. The maximum absolute atomic E-state index is 12.4. The van der Waals surface area contributed by atoms with Gasteiger partial charge in [-0.15, -0.1) is 5.10 Å². The van der Waals surface area contributed by atoms with E-state index in [1.165, 1.54) is 0 Å². The molecular formula is C18H27N5O. The predicted octanol–water partition coefficient (Wildman–Crippen LogP) is 2.36. The van der Waals surface area contributed by atoms with Gasteiger partial charge in [0.1, 0.15) is 0 Å². The summed E-state index contributed by atoms with van der Waals surface area (Å²) in [5.74, 6) is 0.278. The number of carbonyl (C=O) groups is 1. The third kappa shape index (κ3) is 4.41. The summed E-state index contributed by atoms with van der Waals surface area (Å²) in [5, 5.41) is 11.0. The van der Waals surface area contributed by atoms with Crippen molar-refractivity contribution < 1.29 is 4.79 Å². The average Bonchev–Trinajstić information content (AvgIpc) is 3.09. The summed E-state index contributed by atoms with van der Waals surface area (Å²) in [6.45, 7) is 11.2. The van der Waals surface area contributed by atoms with E-state index in [0.717, 1.165) is 18.8 Å². The van der Waals surface area contributed by atoms with Crippen LogP contribution in [0.25, 0.3) is 5.69 Å². The summed E-state index contributed by atoms with van der Waals surface area (Å²) in [6, 6.07) is 9.94. The van der Waals surface area contributed by atoms with E-state index in [-0.39, 0.29) is 5.91 Å². The molecule has 0 spiro atoms. The van der Waals surface area contributed by atoms with Crippen LogP contribution in [0.5, 0.6) is 0 Å². The van der Waals surface area contributed by atoms with E-state index < -0.39 is 0 Å². The van der Waals surface area contributed by atoms with Crippen molar-refractivity contribution in [2.45, 2.75) is 33.7 Å². The maximum atomic E-state index is 12.4. The normalized spacial score (nSPS) is 12.6. The van der Waals surface area contributed by atoms with Crippen LogP contribution in [0.3, 0.4) is 0 Å². The Hall–Kier alpha value is -2.21. The number of rotatable bonds is 8. The van der Waals surface area contributed by atoms with E-state index in [2.05, 4.69) is 48.2 Å². The van der Waals surface area contributed by atoms with Gasteiger partial charge in [0.2, 0.25) is 0 Å². The van der Waals surface area contributed by atoms with Gasteiger partial charge in [0, 0.05) is 12.6 Å². The van der Waals surface area contributed by atoms with Crippen molar-refractivity contribution >= 4 is 5.91 Å². The molecule has 0 bridgehead atoms. The third-order valence-corrected chi connectivity index (χ3v) is 4.27. The van der Waals surface area contributed by atoms with Crippen LogP contribution < -0.4 is 5.32 Å². The van der Waals surface area contributed by atoms with Gasteiger partial charge in [0.25, 0.3) is 5.91 Å². The number of aromatic nitrogens is 3. The molecule has 1 atom stereocenters. The number of hydrogen-bond donors (Lipinski definition) is 1. The van der Waals surface area contributed by atoms with Gasteiger partial charge in [-0.05, 0) is 31.1 Å². The molecule has 1 heterocycles.